The second-order valence-corrected chi connectivity index (χ2v) is 8.17. The maximum atomic E-state index is 12.5. The van der Waals surface area contributed by atoms with Crippen LogP contribution in [0.2, 0.25) is 5.02 Å². The van der Waals surface area contributed by atoms with Crippen LogP contribution < -0.4 is 19.7 Å². The fraction of sp³-hybridized carbons (Fsp3) is 0.231. The third kappa shape index (κ3) is 6.26. The summed E-state index contributed by atoms with van der Waals surface area (Å²) in [5.74, 6) is 1.18. The summed E-state index contributed by atoms with van der Waals surface area (Å²) in [6, 6.07) is 22.2. The van der Waals surface area contributed by atoms with Gasteiger partial charge in [0.05, 0.1) is 18.7 Å². The number of fused-ring (bicyclic) bond motifs is 1. The van der Waals surface area contributed by atoms with E-state index >= 15 is 0 Å². The van der Waals surface area contributed by atoms with Crippen molar-refractivity contribution in [1.29, 1.82) is 0 Å². The predicted molar refractivity (Wildman–Crippen MR) is 129 cm³/mol. The number of nitrogens with zero attached hydrogens (tertiary/aromatic N) is 1. The van der Waals surface area contributed by atoms with Gasteiger partial charge in [-0.2, -0.15) is 0 Å². The fourth-order valence-corrected chi connectivity index (χ4v) is 3.73. The zero-order valence-corrected chi connectivity index (χ0v) is 18.9. The van der Waals surface area contributed by atoms with Gasteiger partial charge in [0.1, 0.15) is 11.5 Å². The number of hydrogen-bond donors (Lipinski definition) is 1. The van der Waals surface area contributed by atoms with Gasteiger partial charge >= 0.3 is 0 Å². The Bertz CT molecular complexity index is 1100. The number of unbranched alkanes of at least 4 members (excludes halogenated alkanes) is 1. The number of carbonyl (C=O) groups is 2. The van der Waals surface area contributed by atoms with Gasteiger partial charge in [0.25, 0.3) is 5.91 Å². The lowest BCUT2D eigenvalue weighted by Gasteiger charge is -2.30. The van der Waals surface area contributed by atoms with Gasteiger partial charge in [0.15, 0.2) is 6.61 Å². The number of hydrogen-bond acceptors (Lipinski definition) is 4. The zero-order valence-electron chi connectivity index (χ0n) is 18.1. The highest BCUT2D eigenvalue weighted by Gasteiger charge is 2.25. The second kappa shape index (κ2) is 10.9. The van der Waals surface area contributed by atoms with E-state index in [1.807, 2.05) is 42.5 Å². The lowest BCUT2D eigenvalue weighted by atomic mass is 10.1. The quantitative estimate of drug-likeness (QED) is 0.447. The van der Waals surface area contributed by atoms with Gasteiger partial charge in [-0.3, -0.25) is 9.59 Å². The predicted octanol–water partition coefficient (Wildman–Crippen LogP) is 5.11. The molecule has 3 aromatic rings. The average molecular weight is 465 g/mol. The minimum atomic E-state index is -0.116. The van der Waals surface area contributed by atoms with Crippen molar-refractivity contribution in [3.8, 4) is 11.5 Å². The first-order chi connectivity index (χ1) is 16.1. The van der Waals surface area contributed by atoms with Gasteiger partial charge in [0, 0.05) is 17.3 Å². The Balaban J connectivity index is 1.33. The Hall–Kier alpha value is -3.51. The molecule has 1 N–H and O–H groups in total. The first-order valence-electron chi connectivity index (χ1n) is 10.9. The van der Waals surface area contributed by atoms with E-state index in [9.17, 15) is 9.59 Å². The van der Waals surface area contributed by atoms with E-state index in [0.29, 0.717) is 35.3 Å². The fourth-order valence-electron chi connectivity index (χ4n) is 3.60. The van der Waals surface area contributed by atoms with Crippen molar-refractivity contribution in [2.75, 3.05) is 30.0 Å². The number of anilines is 2. The summed E-state index contributed by atoms with van der Waals surface area (Å²) in [4.78, 5) is 26.7. The van der Waals surface area contributed by atoms with Crippen molar-refractivity contribution in [2.45, 2.75) is 19.3 Å². The number of benzene rings is 3. The standard InChI is InChI=1S/C26H25ClN2O4/c27-20-8-11-22(12-9-20)32-15-5-4-14-29-23-17-21(10-13-24(23)33-18-26(29)31)28-25(30)16-19-6-2-1-3-7-19/h1-3,6-13,17H,4-5,14-16,18H2,(H,28,30). The van der Waals surface area contributed by atoms with Crippen LogP contribution in [0.4, 0.5) is 11.4 Å². The van der Waals surface area contributed by atoms with Crippen LogP contribution in [-0.2, 0) is 16.0 Å². The maximum Gasteiger partial charge on any atom is 0.265 e. The first kappa shape index (κ1) is 22.7. The second-order valence-electron chi connectivity index (χ2n) is 7.74. The highest BCUT2D eigenvalue weighted by atomic mass is 35.5. The van der Waals surface area contributed by atoms with Crippen molar-refractivity contribution in [2.24, 2.45) is 0 Å². The Morgan fingerprint density at radius 2 is 1.82 bits per heavy atom. The van der Waals surface area contributed by atoms with Crippen molar-refractivity contribution in [1.82, 2.24) is 0 Å². The number of ether oxygens (including phenoxy) is 2. The number of carbonyl (C=O) groups excluding carboxylic acids is 2. The van der Waals surface area contributed by atoms with Crippen LogP contribution in [0.3, 0.4) is 0 Å². The smallest absolute Gasteiger partial charge is 0.265 e. The normalized spacial score (nSPS) is 12.6. The highest BCUT2D eigenvalue weighted by Crippen LogP contribution is 2.34. The largest absolute Gasteiger partial charge is 0.494 e. The summed E-state index contributed by atoms with van der Waals surface area (Å²) in [7, 11) is 0. The molecule has 0 saturated heterocycles. The Kier molecular flexibility index (Phi) is 7.47. The minimum Gasteiger partial charge on any atom is -0.494 e. The van der Waals surface area contributed by atoms with Crippen LogP contribution in [0.5, 0.6) is 11.5 Å². The molecule has 0 aliphatic carbocycles. The molecule has 170 valence electrons. The molecule has 1 heterocycles. The van der Waals surface area contributed by atoms with E-state index in [4.69, 9.17) is 21.1 Å². The van der Waals surface area contributed by atoms with E-state index < -0.39 is 0 Å². The highest BCUT2D eigenvalue weighted by molar-refractivity contribution is 6.30. The van der Waals surface area contributed by atoms with Crippen LogP contribution in [0.1, 0.15) is 18.4 Å². The first-order valence-corrected chi connectivity index (χ1v) is 11.3. The molecule has 0 fully saturated rings. The van der Waals surface area contributed by atoms with Crippen LogP contribution in [0.25, 0.3) is 0 Å². The summed E-state index contributed by atoms with van der Waals surface area (Å²) < 4.78 is 11.3. The van der Waals surface area contributed by atoms with Crippen molar-refractivity contribution < 1.29 is 19.1 Å². The summed E-state index contributed by atoms with van der Waals surface area (Å²) in [6.07, 6.45) is 1.84. The Morgan fingerprint density at radius 1 is 1.03 bits per heavy atom. The van der Waals surface area contributed by atoms with Crippen molar-refractivity contribution in [3.05, 3.63) is 83.4 Å². The lowest BCUT2D eigenvalue weighted by Crippen LogP contribution is -2.39. The molecular formula is C26H25ClN2O4. The van der Waals surface area contributed by atoms with E-state index in [1.165, 1.54) is 0 Å². The number of halogens is 1. The molecule has 1 aliphatic rings. The number of nitrogens with one attached hydrogen (secondary N) is 1. The summed E-state index contributed by atoms with van der Waals surface area (Å²) in [5.41, 5.74) is 2.24. The van der Waals surface area contributed by atoms with Gasteiger partial charge in [-0.1, -0.05) is 41.9 Å². The Morgan fingerprint density at radius 3 is 2.61 bits per heavy atom. The van der Waals surface area contributed by atoms with E-state index in [1.54, 1.807) is 35.2 Å². The molecular weight excluding hydrogens is 440 g/mol. The molecule has 0 radical (unpaired) electrons. The van der Waals surface area contributed by atoms with Crippen LogP contribution >= 0.6 is 11.6 Å². The molecule has 0 saturated carbocycles. The van der Waals surface area contributed by atoms with Gasteiger partial charge in [-0.25, -0.2) is 0 Å². The number of amides is 2. The lowest BCUT2D eigenvalue weighted by molar-refractivity contribution is -0.121. The van der Waals surface area contributed by atoms with Crippen LogP contribution in [0, 0.1) is 0 Å². The summed E-state index contributed by atoms with van der Waals surface area (Å²) >= 11 is 5.89. The van der Waals surface area contributed by atoms with E-state index in [0.717, 1.165) is 24.2 Å². The van der Waals surface area contributed by atoms with Crippen molar-refractivity contribution in [3.63, 3.8) is 0 Å². The van der Waals surface area contributed by atoms with Crippen LogP contribution in [0.15, 0.2) is 72.8 Å². The average Bonchev–Trinajstić information content (AvgIpc) is 2.82. The van der Waals surface area contributed by atoms with Gasteiger partial charge in [-0.15, -0.1) is 0 Å². The molecule has 2 amide bonds. The SMILES string of the molecule is O=C(Cc1ccccc1)Nc1ccc2c(c1)N(CCCCOc1ccc(Cl)cc1)C(=O)CO2. The monoisotopic (exact) mass is 464 g/mol. The van der Waals surface area contributed by atoms with Gasteiger partial charge < -0.3 is 19.7 Å². The van der Waals surface area contributed by atoms with Crippen LogP contribution in [-0.4, -0.2) is 31.6 Å². The van der Waals surface area contributed by atoms with E-state index in [2.05, 4.69) is 5.32 Å². The Labute approximate surface area is 198 Å². The summed E-state index contributed by atoms with van der Waals surface area (Å²) in [5, 5.41) is 3.58. The summed E-state index contributed by atoms with van der Waals surface area (Å²) in [6.45, 7) is 1.09. The maximum absolute atomic E-state index is 12.5. The molecule has 6 nitrogen and oxygen atoms in total. The molecule has 7 heteroatoms. The molecule has 0 atom stereocenters. The molecule has 3 aromatic carbocycles. The molecule has 0 bridgehead atoms. The minimum absolute atomic E-state index is 0.00792. The molecule has 0 aromatic heterocycles. The van der Waals surface area contributed by atoms with E-state index in [-0.39, 0.29) is 24.8 Å². The zero-order chi connectivity index (χ0) is 23.0. The molecule has 1 aliphatic heterocycles. The molecule has 0 spiro atoms. The van der Waals surface area contributed by atoms with Crippen molar-refractivity contribution >= 4 is 34.8 Å². The molecule has 33 heavy (non-hydrogen) atoms. The van der Waals surface area contributed by atoms with Gasteiger partial charge in [-0.05, 0) is 60.9 Å². The number of rotatable bonds is 9. The third-order valence-corrected chi connectivity index (χ3v) is 5.50. The third-order valence-electron chi connectivity index (χ3n) is 5.25. The van der Waals surface area contributed by atoms with Gasteiger partial charge in [0.2, 0.25) is 5.91 Å². The molecule has 4 rings (SSSR count). The molecule has 0 unspecified atom stereocenters. The topological polar surface area (TPSA) is 67.9 Å².